The van der Waals surface area contributed by atoms with Crippen molar-refractivity contribution >= 4 is 39.1 Å². The van der Waals surface area contributed by atoms with E-state index < -0.39 is 0 Å². The summed E-state index contributed by atoms with van der Waals surface area (Å²) in [6.45, 7) is 3.94. The fraction of sp³-hybridized carbons (Fsp3) is 0.500. The van der Waals surface area contributed by atoms with Crippen LogP contribution in [0.3, 0.4) is 0 Å². The lowest BCUT2D eigenvalue weighted by Gasteiger charge is -2.19. The first-order valence-electron chi connectivity index (χ1n) is 5.81. The van der Waals surface area contributed by atoms with E-state index in [0.717, 1.165) is 22.3 Å². The van der Waals surface area contributed by atoms with E-state index in [1.165, 1.54) is 0 Å². The Morgan fingerprint density at radius 3 is 2.83 bits per heavy atom. The molecule has 0 spiro atoms. The number of nitrogens with one attached hydrogen (secondary N) is 1. The third-order valence-electron chi connectivity index (χ3n) is 3.20. The summed E-state index contributed by atoms with van der Waals surface area (Å²) in [7, 11) is 0. The van der Waals surface area contributed by atoms with E-state index in [9.17, 15) is 10.1 Å². The van der Waals surface area contributed by atoms with Gasteiger partial charge in [0.25, 0.3) is 5.69 Å². The zero-order chi connectivity index (χ0) is 13.3. The van der Waals surface area contributed by atoms with Gasteiger partial charge in [-0.3, -0.25) is 10.1 Å². The van der Waals surface area contributed by atoms with Gasteiger partial charge in [0.05, 0.1) is 10.6 Å². The van der Waals surface area contributed by atoms with Crippen LogP contribution >= 0.6 is 27.7 Å². The van der Waals surface area contributed by atoms with Crippen molar-refractivity contribution in [2.45, 2.75) is 31.6 Å². The summed E-state index contributed by atoms with van der Waals surface area (Å²) in [6, 6.07) is 3.80. The Labute approximate surface area is 119 Å². The van der Waals surface area contributed by atoms with Crippen molar-refractivity contribution in [2.24, 2.45) is 0 Å². The summed E-state index contributed by atoms with van der Waals surface area (Å²) in [5.74, 6) is 1.14. The predicted octanol–water partition coefficient (Wildman–Crippen LogP) is 3.97. The second kappa shape index (κ2) is 5.48. The number of nitro groups is 1. The molecule has 1 aliphatic rings. The average molecular weight is 331 g/mol. The summed E-state index contributed by atoms with van der Waals surface area (Å²) < 4.78 is 0.884. The van der Waals surface area contributed by atoms with Crippen molar-refractivity contribution < 1.29 is 4.92 Å². The normalized spacial score (nSPS) is 23.1. The third-order valence-corrected chi connectivity index (χ3v) is 5.18. The van der Waals surface area contributed by atoms with Crippen LogP contribution in [0.4, 0.5) is 11.4 Å². The largest absolute Gasteiger partial charge is 0.380 e. The monoisotopic (exact) mass is 330 g/mol. The molecule has 0 bridgehead atoms. The summed E-state index contributed by atoms with van der Waals surface area (Å²) in [5.41, 5.74) is 1.65. The van der Waals surface area contributed by atoms with E-state index in [0.29, 0.717) is 16.9 Å². The molecule has 1 aliphatic heterocycles. The van der Waals surface area contributed by atoms with Gasteiger partial charge in [0.2, 0.25) is 0 Å². The van der Waals surface area contributed by atoms with Crippen molar-refractivity contribution in [1.29, 1.82) is 0 Å². The molecule has 1 fully saturated rings. The zero-order valence-electron chi connectivity index (χ0n) is 10.3. The topological polar surface area (TPSA) is 55.2 Å². The minimum Gasteiger partial charge on any atom is -0.380 e. The maximum Gasteiger partial charge on any atom is 0.274 e. The Hall–Kier alpha value is -0.750. The molecular formula is C12H15BrN2O2S. The van der Waals surface area contributed by atoms with Crippen LogP contribution in [0.25, 0.3) is 0 Å². The van der Waals surface area contributed by atoms with Gasteiger partial charge in [0.15, 0.2) is 0 Å². The number of aryl methyl sites for hydroxylation is 1. The quantitative estimate of drug-likeness (QED) is 0.672. The highest BCUT2D eigenvalue weighted by atomic mass is 79.9. The van der Waals surface area contributed by atoms with Crippen LogP contribution in [0.5, 0.6) is 0 Å². The van der Waals surface area contributed by atoms with Crippen molar-refractivity contribution in [3.63, 3.8) is 0 Å². The van der Waals surface area contributed by atoms with Gasteiger partial charge >= 0.3 is 0 Å². The standard InChI is InChI=1S/C12H15BrN2O2S/c1-7-5-9(13)11(6-12(7)15(16)17)14-10-3-4-18-8(10)2/h5-6,8,10,14H,3-4H2,1-2H3. The van der Waals surface area contributed by atoms with Gasteiger partial charge in [-0.2, -0.15) is 11.8 Å². The maximum absolute atomic E-state index is 10.9. The van der Waals surface area contributed by atoms with Crippen LogP contribution in [0.1, 0.15) is 18.9 Å². The van der Waals surface area contributed by atoms with Crippen LogP contribution in [0.2, 0.25) is 0 Å². The number of nitro benzene ring substituents is 1. The van der Waals surface area contributed by atoms with Gasteiger partial charge in [-0.15, -0.1) is 0 Å². The summed E-state index contributed by atoms with van der Waals surface area (Å²) >= 11 is 5.40. The molecule has 0 amide bonds. The fourth-order valence-electron chi connectivity index (χ4n) is 2.09. The van der Waals surface area contributed by atoms with Crippen LogP contribution in [0.15, 0.2) is 16.6 Å². The molecule has 1 aromatic carbocycles. The fourth-order valence-corrected chi connectivity index (χ4v) is 3.86. The Bertz CT molecular complexity index is 481. The molecule has 18 heavy (non-hydrogen) atoms. The lowest BCUT2D eigenvalue weighted by Crippen LogP contribution is -2.24. The van der Waals surface area contributed by atoms with Crippen LogP contribution in [-0.4, -0.2) is 22.0 Å². The molecule has 98 valence electrons. The lowest BCUT2D eigenvalue weighted by atomic mass is 10.1. The smallest absolute Gasteiger partial charge is 0.274 e. The third kappa shape index (κ3) is 2.80. The molecule has 1 saturated heterocycles. The van der Waals surface area contributed by atoms with Crippen LogP contribution in [0, 0.1) is 17.0 Å². The first-order valence-corrected chi connectivity index (χ1v) is 7.66. The van der Waals surface area contributed by atoms with Gasteiger partial charge in [-0.05, 0) is 41.1 Å². The summed E-state index contributed by atoms with van der Waals surface area (Å²) in [4.78, 5) is 10.6. The minimum absolute atomic E-state index is 0.166. The molecule has 0 radical (unpaired) electrons. The minimum atomic E-state index is -0.334. The number of nitrogens with zero attached hydrogens (tertiary/aromatic N) is 1. The molecule has 4 nitrogen and oxygen atoms in total. The lowest BCUT2D eigenvalue weighted by molar-refractivity contribution is -0.385. The molecule has 1 N–H and O–H groups in total. The van der Waals surface area contributed by atoms with E-state index in [1.807, 2.05) is 11.8 Å². The predicted molar refractivity (Wildman–Crippen MR) is 79.5 cm³/mol. The van der Waals surface area contributed by atoms with Gasteiger partial charge < -0.3 is 5.32 Å². The maximum atomic E-state index is 10.9. The molecule has 0 saturated carbocycles. The number of hydrogen-bond donors (Lipinski definition) is 1. The molecule has 2 rings (SSSR count). The Morgan fingerprint density at radius 1 is 1.56 bits per heavy atom. The van der Waals surface area contributed by atoms with Crippen molar-refractivity contribution in [1.82, 2.24) is 0 Å². The van der Waals surface area contributed by atoms with E-state index in [1.54, 1.807) is 19.1 Å². The number of benzene rings is 1. The highest BCUT2D eigenvalue weighted by Crippen LogP contribution is 2.34. The van der Waals surface area contributed by atoms with Crippen LogP contribution < -0.4 is 5.32 Å². The average Bonchev–Trinajstić information content (AvgIpc) is 2.67. The number of hydrogen-bond acceptors (Lipinski definition) is 4. The van der Waals surface area contributed by atoms with Gasteiger partial charge in [0.1, 0.15) is 0 Å². The number of thioether (sulfide) groups is 1. The highest BCUT2D eigenvalue weighted by Gasteiger charge is 2.25. The van der Waals surface area contributed by atoms with Gasteiger partial charge in [-0.1, -0.05) is 6.92 Å². The number of anilines is 1. The van der Waals surface area contributed by atoms with E-state index in [-0.39, 0.29) is 10.6 Å². The van der Waals surface area contributed by atoms with E-state index in [2.05, 4.69) is 28.2 Å². The summed E-state index contributed by atoms with van der Waals surface area (Å²) in [6.07, 6.45) is 1.10. The molecule has 2 atom stereocenters. The number of rotatable bonds is 3. The summed E-state index contributed by atoms with van der Waals surface area (Å²) in [5, 5.41) is 14.9. The van der Waals surface area contributed by atoms with Gasteiger partial charge in [0, 0.05) is 27.4 Å². The van der Waals surface area contributed by atoms with E-state index in [4.69, 9.17) is 0 Å². The molecule has 1 aromatic rings. The molecule has 0 aromatic heterocycles. The number of halogens is 1. The molecule has 6 heteroatoms. The molecular weight excluding hydrogens is 316 g/mol. The van der Waals surface area contributed by atoms with Crippen molar-refractivity contribution in [3.8, 4) is 0 Å². The molecule has 2 unspecified atom stereocenters. The second-order valence-corrected chi connectivity index (χ2v) is 6.83. The van der Waals surface area contributed by atoms with Gasteiger partial charge in [-0.25, -0.2) is 0 Å². The molecule has 1 heterocycles. The Morgan fingerprint density at radius 2 is 2.28 bits per heavy atom. The SMILES string of the molecule is Cc1cc(Br)c(NC2CCSC2C)cc1[N+](=O)[O-]. The zero-order valence-corrected chi connectivity index (χ0v) is 12.7. The van der Waals surface area contributed by atoms with E-state index >= 15 is 0 Å². The van der Waals surface area contributed by atoms with Crippen molar-refractivity contribution in [2.75, 3.05) is 11.1 Å². The first-order chi connectivity index (χ1) is 8.49. The highest BCUT2D eigenvalue weighted by molar-refractivity contribution is 9.10. The Kier molecular flexibility index (Phi) is 4.17. The van der Waals surface area contributed by atoms with Crippen LogP contribution in [-0.2, 0) is 0 Å². The first kappa shape index (κ1) is 13.7. The molecule has 0 aliphatic carbocycles. The van der Waals surface area contributed by atoms with Crippen molar-refractivity contribution in [3.05, 3.63) is 32.3 Å². The Balaban J connectivity index is 2.27. The second-order valence-electron chi connectivity index (χ2n) is 4.49.